The minimum absolute atomic E-state index is 0.193. The summed E-state index contributed by atoms with van der Waals surface area (Å²) in [6.45, 7) is 6.94. The molecule has 1 aliphatic heterocycles. The van der Waals surface area contributed by atoms with Gasteiger partial charge in [-0.05, 0) is 41.6 Å². The minimum atomic E-state index is -0.205. The molecule has 2 heterocycles. The fraction of sp³-hybridized carbons (Fsp3) is 0.571. The van der Waals surface area contributed by atoms with E-state index in [-0.39, 0.29) is 11.8 Å². The second kappa shape index (κ2) is 7.21. The number of morpholine rings is 1. The summed E-state index contributed by atoms with van der Waals surface area (Å²) in [4.78, 5) is 18.5. The predicted octanol–water partition coefficient (Wildman–Crippen LogP) is 2.30. The molecule has 1 fully saturated rings. The molecule has 0 aliphatic carbocycles. The quantitative estimate of drug-likeness (QED) is 0.784. The summed E-state index contributed by atoms with van der Waals surface area (Å²) in [6, 6.07) is 3.82. The summed E-state index contributed by atoms with van der Waals surface area (Å²) in [5.41, 5.74) is 0. The molecule has 110 valence electrons. The number of pyridine rings is 1. The Morgan fingerprint density at radius 2 is 2.20 bits per heavy atom. The zero-order valence-corrected chi connectivity index (χ0v) is 14.0. The van der Waals surface area contributed by atoms with Gasteiger partial charge in [0.15, 0.2) is 5.78 Å². The van der Waals surface area contributed by atoms with Crippen LogP contribution in [0.1, 0.15) is 20.3 Å². The molecule has 0 spiro atoms. The van der Waals surface area contributed by atoms with Gasteiger partial charge >= 0.3 is 0 Å². The lowest BCUT2D eigenvalue weighted by atomic mass is 10.2. The molecule has 1 aliphatic rings. The molecule has 1 atom stereocenters. The molecule has 1 N–H and O–H groups in total. The largest absolute Gasteiger partial charge is 0.378 e. The zero-order valence-electron chi connectivity index (χ0n) is 11.9. The Kier molecular flexibility index (Phi) is 5.59. The third-order valence-electron chi connectivity index (χ3n) is 3.31. The van der Waals surface area contributed by atoms with Crippen molar-refractivity contribution in [3.05, 3.63) is 15.7 Å². The van der Waals surface area contributed by atoms with Gasteiger partial charge < -0.3 is 15.0 Å². The van der Waals surface area contributed by atoms with E-state index in [0.717, 1.165) is 41.5 Å². The van der Waals surface area contributed by atoms with Gasteiger partial charge in [0.05, 0.1) is 19.3 Å². The molecule has 5 nitrogen and oxygen atoms in total. The Labute approximate surface area is 133 Å². The molecule has 0 amide bonds. The molecule has 1 aromatic heterocycles. The molecule has 20 heavy (non-hydrogen) atoms. The highest BCUT2D eigenvalue weighted by Gasteiger charge is 2.15. The highest BCUT2D eigenvalue weighted by Crippen LogP contribution is 2.21. The van der Waals surface area contributed by atoms with Crippen LogP contribution in [0.5, 0.6) is 0 Å². The van der Waals surface area contributed by atoms with Crippen molar-refractivity contribution in [2.24, 2.45) is 0 Å². The highest BCUT2D eigenvalue weighted by molar-refractivity contribution is 14.1. The molecule has 6 heteroatoms. The fourth-order valence-electron chi connectivity index (χ4n) is 2.12. The van der Waals surface area contributed by atoms with Crippen LogP contribution in [0.3, 0.4) is 0 Å². The van der Waals surface area contributed by atoms with E-state index in [9.17, 15) is 4.79 Å². The molecular weight excluding hydrogens is 369 g/mol. The van der Waals surface area contributed by atoms with Crippen molar-refractivity contribution in [3.63, 3.8) is 0 Å². The Balaban J connectivity index is 2.13. The van der Waals surface area contributed by atoms with Crippen LogP contribution >= 0.6 is 22.6 Å². The van der Waals surface area contributed by atoms with E-state index in [1.165, 1.54) is 0 Å². The normalized spacial score (nSPS) is 16.9. The lowest BCUT2D eigenvalue weighted by Gasteiger charge is -2.28. The number of ketones is 1. The van der Waals surface area contributed by atoms with Crippen molar-refractivity contribution in [3.8, 4) is 0 Å². The van der Waals surface area contributed by atoms with Gasteiger partial charge in [0, 0.05) is 23.1 Å². The van der Waals surface area contributed by atoms with Crippen LogP contribution in [0.4, 0.5) is 11.6 Å². The Bertz CT molecular complexity index is 475. The first-order valence-electron chi connectivity index (χ1n) is 6.89. The number of Topliss-reactive ketones (excluding diaryl/α,β-unsaturated/α-hetero) is 1. The molecular formula is C14H20IN3O2. The number of rotatable bonds is 5. The van der Waals surface area contributed by atoms with E-state index in [4.69, 9.17) is 4.74 Å². The molecule has 2 rings (SSSR count). The molecule has 0 bridgehead atoms. The number of anilines is 2. The summed E-state index contributed by atoms with van der Waals surface area (Å²) >= 11 is 2.28. The lowest BCUT2D eigenvalue weighted by Crippen LogP contribution is -2.37. The van der Waals surface area contributed by atoms with E-state index in [1.54, 1.807) is 0 Å². The second-order valence-electron chi connectivity index (χ2n) is 4.81. The maximum absolute atomic E-state index is 11.7. The minimum Gasteiger partial charge on any atom is -0.378 e. The van der Waals surface area contributed by atoms with E-state index < -0.39 is 0 Å². The van der Waals surface area contributed by atoms with Crippen LogP contribution in [0, 0.1) is 3.57 Å². The van der Waals surface area contributed by atoms with Gasteiger partial charge in [-0.1, -0.05) is 6.92 Å². The number of ether oxygens (including phenoxy) is 1. The van der Waals surface area contributed by atoms with E-state index >= 15 is 0 Å². The lowest BCUT2D eigenvalue weighted by molar-refractivity contribution is -0.119. The van der Waals surface area contributed by atoms with Gasteiger partial charge in [0.2, 0.25) is 0 Å². The fourth-order valence-corrected chi connectivity index (χ4v) is 2.69. The number of carbonyl (C=O) groups excluding carboxylic acids is 1. The van der Waals surface area contributed by atoms with Gasteiger partial charge in [0.25, 0.3) is 0 Å². The van der Waals surface area contributed by atoms with Crippen molar-refractivity contribution in [2.45, 2.75) is 26.3 Å². The first kappa shape index (κ1) is 15.5. The number of hydrogen-bond acceptors (Lipinski definition) is 5. The number of hydrogen-bond donors (Lipinski definition) is 1. The van der Waals surface area contributed by atoms with Gasteiger partial charge in [-0.15, -0.1) is 0 Å². The number of aromatic nitrogens is 1. The van der Waals surface area contributed by atoms with E-state index in [2.05, 4.69) is 43.9 Å². The second-order valence-corrected chi connectivity index (χ2v) is 6.06. The van der Waals surface area contributed by atoms with Crippen LogP contribution in [-0.4, -0.2) is 43.1 Å². The van der Waals surface area contributed by atoms with Crippen LogP contribution in [0.15, 0.2) is 12.1 Å². The maximum atomic E-state index is 11.7. The van der Waals surface area contributed by atoms with Crippen LogP contribution < -0.4 is 10.2 Å². The summed E-state index contributed by atoms with van der Waals surface area (Å²) < 4.78 is 6.47. The van der Waals surface area contributed by atoms with Gasteiger partial charge in [-0.3, -0.25) is 4.79 Å². The summed E-state index contributed by atoms with van der Waals surface area (Å²) in [5.74, 6) is 1.89. The van der Waals surface area contributed by atoms with Crippen molar-refractivity contribution in [2.75, 3.05) is 36.5 Å². The average molecular weight is 389 g/mol. The molecule has 1 aromatic rings. The monoisotopic (exact) mass is 389 g/mol. The summed E-state index contributed by atoms with van der Waals surface area (Å²) in [6.07, 6.45) is 0.536. The van der Waals surface area contributed by atoms with Gasteiger partial charge in [0.1, 0.15) is 11.6 Å². The Morgan fingerprint density at radius 3 is 2.85 bits per heavy atom. The molecule has 0 saturated carbocycles. The Hall–Kier alpha value is -0.890. The standard InChI is InChI=1S/C14H20IN3O2/c1-3-12(19)10(2)16-13-8-11(15)9-14(17-13)18-4-6-20-7-5-18/h8-10H,3-7H2,1-2H3,(H,16,17)/t10-/m0/s1. The van der Waals surface area contributed by atoms with E-state index in [0.29, 0.717) is 6.42 Å². The van der Waals surface area contributed by atoms with Crippen molar-refractivity contribution in [1.29, 1.82) is 0 Å². The van der Waals surface area contributed by atoms with Crippen molar-refractivity contribution in [1.82, 2.24) is 4.98 Å². The number of carbonyl (C=O) groups is 1. The molecule has 0 unspecified atom stereocenters. The first-order chi connectivity index (χ1) is 9.60. The smallest absolute Gasteiger partial charge is 0.154 e. The topological polar surface area (TPSA) is 54.5 Å². The molecule has 1 saturated heterocycles. The molecule has 0 radical (unpaired) electrons. The molecule has 0 aromatic carbocycles. The number of halogens is 1. The van der Waals surface area contributed by atoms with E-state index in [1.807, 2.05) is 19.9 Å². The van der Waals surface area contributed by atoms with Crippen LogP contribution in [-0.2, 0) is 9.53 Å². The zero-order chi connectivity index (χ0) is 14.5. The van der Waals surface area contributed by atoms with Gasteiger partial charge in [-0.2, -0.15) is 0 Å². The highest BCUT2D eigenvalue weighted by atomic mass is 127. The maximum Gasteiger partial charge on any atom is 0.154 e. The third kappa shape index (κ3) is 4.05. The number of nitrogens with one attached hydrogen (secondary N) is 1. The van der Waals surface area contributed by atoms with Crippen molar-refractivity contribution < 1.29 is 9.53 Å². The predicted molar refractivity (Wildman–Crippen MR) is 88.4 cm³/mol. The summed E-state index contributed by atoms with van der Waals surface area (Å²) in [5, 5.41) is 3.19. The van der Waals surface area contributed by atoms with Gasteiger partial charge in [-0.25, -0.2) is 4.98 Å². The Morgan fingerprint density at radius 1 is 1.50 bits per heavy atom. The van der Waals surface area contributed by atoms with Crippen LogP contribution in [0.2, 0.25) is 0 Å². The number of nitrogens with zero attached hydrogens (tertiary/aromatic N) is 2. The first-order valence-corrected chi connectivity index (χ1v) is 7.97. The van der Waals surface area contributed by atoms with Crippen LogP contribution in [0.25, 0.3) is 0 Å². The SMILES string of the molecule is CCC(=O)[C@H](C)Nc1cc(I)cc(N2CCOCC2)n1. The summed E-state index contributed by atoms with van der Waals surface area (Å²) in [7, 11) is 0. The van der Waals surface area contributed by atoms with Crippen molar-refractivity contribution >= 4 is 40.0 Å². The third-order valence-corrected chi connectivity index (χ3v) is 3.93. The average Bonchev–Trinajstić information content (AvgIpc) is 2.46.